The van der Waals surface area contributed by atoms with E-state index >= 15 is 0 Å². The van der Waals surface area contributed by atoms with Crippen LogP contribution in [0, 0.1) is 13.8 Å². The minimum Gasteiger partial charge on any atom is -0.348 e. The van der Waals surface area contributed by atoms with E-state index in [1.54, 1.807) is 11.3 Å². The van der Waals surface area contributed by atoms with Gasteiger partial charge in [0.1, 0.15) is 0 Å². The van der Waals surface area contributed by atoms with Gasteiger partial charge in [-0.15, -0.1) is 11.3 Å². The van der Waals surface area contributed by atoms with Crippen molar-refractivity contribution in [3.63, 3.8) is 0 Å². The minimum absolute atomic E-state index is 0.153. The van der Waals surface area contributed by atoms with Crippen molar-refractivity contribution < 1.29 is 8.42 Å². The summed E-state index contributed by atoms with van der Waals surface area (Å²) in [5.74, 6) is 0.668. The maximum atomic E-state index is 14.2. The molecule has 1 fully saturated rings. The first-order valence-electron chi connectivity index (χ1n) is 13.6. The van der Waals surface area contributed by atoms with Crippen LogP contribution in [-0.2, 0) is 9.84 Å². The van der Waals surface area contributed by atoms with Crippen molar-refractivity contribution in [2.45, 2.75) is 96.1 Å². The smallest absolute Gasteiger partial charge is 0.185 e. The van der Waals surface area contributed by atoms with Gasteiger partial charge in [-0.1, -0.05) is 71.4 Å². The number of aryl methyl sites for hydroxylation is 2. The maximum absolute atomic E-state index is 14.2. The van der Waals surface area contributed by atoms with Crippen molar-refractivity contribution >= 4 is 26.3 Å². The van der Waals surface area contributed by atoms with Gasteiger partial charge in [0, 0.05) is 24.0 Å². The molecule has 4 nitrogen and oxygen atoms in total. The highest BCUT2D eigenvalue weighted by Crippen LogP contribution is 2.39. The summed E-state index contributed by atoms with van der Waals surface area (Å²) in [7, 11) is -3.45. The van der Waals surface area contributed by atoms with E-state index in [0.29, 0.717) is 36.7 Å². The second-order valence-corrected chi connectivity index (χ2v) is 14.6. The third-order valence-electron chi connectivity index (χ3n) is 7.68. The average molecular weight is 539 g/mol. The number of sulfone groups is 1. The zero-order chi connectivity index (χ0) is 27.1. The highest BCUT2D eigenvalue weighted by atomic mass is 32.2. The zero-order valence-electron chi connectivity index (χ0n) is 23.6. The van der Waals surface area contributed by atoms with E-state index in [1.165, 1.54) is 22.3 Å². The molecule has 2 aromatic carbocycles. The largest absolute Gasteiger partial charge is 0.348 e. The lowest BCUT2D eigenvalue weighted by molar-refractivity contribution is 0.526. The first kappa shape index (κ1) is 27.8. The van der Waals surface area contributed by atoms with E-state index in [0.717, 1.165) is 22.0 Å². The van der Waals surface area contributed by atoms with Crippen molar-refractivity contribution in [3.8, 4) is 11.3 Å². The van der Waals surface area contributed by atoms with Crippen LogP contribution < -0.4 is 4.90 Å². The number of aromatic nitrogens is 1. The van der Waals surface area contributed by atoms with Crippen LogP contribution in [0.25, 0.3) is 11.3 Å². The quantitative estimate of drug-likeness (QED) is 0.304. The topological polar surface area (TPSA) is 50.3 Å². The van der Waals surface area contributed by atoms with Crippen molar-refractivity contribution in [3.05, 3.63) is 63.5 Å². The molecule has 37 heavy (non-hydrogen) atoms. The molecule has 0 unspecified atom stereocenters. The van der Waals surface area contributed by atoms with Crippen molar-refractivity contribution in [1.82, 2.24) is 4.98 Å². The number of thiazole rings is 1. The third kappa shape index (κ3) is 5.65. The van der Waals surface area contributed by atoms with Crippen molar-refractivity contribution in [1.29, 1.82) is 0 Å². The lowest BCUT2D eigenvalue weighted by atomic mass is 9.89. The Hall–Kier alpha value is -2.18. The fourth-order valence-corrected chi connectivity index (χ4v) is 8.58. The van der Waals surface area contributed by atoms with Gasteiger partial charge in [-0.3, -0.25) is 0 Å². The molecule has 1 aromatic heterocycles. The summed E-state index contributed by atoms with van der Waals surface area (Å²) in [6.07, 6.45) is 1.25. The molecule has 0 amide bonds. The molecular weight excluding hydrogens is 496 g/mol. The SMILES string of the molecule is Cc1ccc(C)c(-c2csc(N3CCC(S(=O)(=O)c4c(C(C)C)cc(C(C)C)cc4C(C)C)CC3)n2)c1. The molecule has 6 heteroatoms. The van der Waals surface area contributed by atoms with Gasteiger partial charge in [0.15, 0.2) is 15.0 Å². The summed E-state index contributed by atoms with van der Waals surface area (Å²) in [6, 6.07) is 10.8. The second kappa shape index (κ2) is 10.9. The maximum Gasteiger partial charge on any atom is 0.185 e. The van der Waals surface area contributed by atoms with Gasteiger partial charge in [-0.2, -0.15) is 0 Å². The van der Waals surface area contributed by atoms with Gasteiger partial charge in [-0.05, 0) is 72.8 Å². The van der Waals surface area contributed by atoms with Gasteiger partial charge in [0.2, 0.25) is 0 Å². The number of hydrogen-bond acceptors (Lipinski definition) is 5. The summed E-state index contributed by atoms with van der Waals surface area (Å²) in [5, 5.41) is 2.75. The molecule has 1 aliphatic rings. The van der Waals surface area contributed by atoms with Crippen LogP contribution in [0.15, 0.2) is 40.6 Å². The molecular formula is C31H42N2O2S2. The molecule has 1 aliphatic heterocycles. The summed E-state index contributed by atoms with van der Waals surface area (Å²) < 4.78 is 28.4. The van der Waals surface area contributed by atoms with Crippen molar-refractivity contribution in [2.24, 2.45) is 0 Å². The molecule has 0 saturated carbocycles. The fourth-order valence-electron chi connectivity index (χ4n) is 5.29. The van der Waals surface area contributed by atoms with Crippen LogP contribution in [0.4, 0.5) is 5.13 Å². The normalized spacial score (nSPS) is 15.4. The van der Waals surface area contributed by atoms with Gasteiger partial charge in [0.05, 0.1) is 15.8 Å². The summed E-state index contributed by atoms with van der Waals surface area (Å²) >= 11 is 1.65. The Morgan fingerprint density at radius 2 is 1.49 bits per heavy atom. The molecule has 0 aliphatic carbocycles. The summed E-state index contributed by atoms with van der Waals surface area (Å²) in [4.78, 5) is 7.81. The molecule has 0 spiro atoms. The Kier molecular flexibility index (Phi) is 8.20. The minimum atomic E-state index is -3.45. The first-order chi connectivity index (χ1) is 17.4. The summed E-state index contributed by atoms with van der Waals surface area (Å²) in [5.41, 5.74) is 7.81. The second-order valence-electron chi connectivity index (χ2n) is 11.6. The molecule has 4 rings (SSSR count). The molecule has 200 valence electrons. The summed E-state index contributed by atoms with van der Waals surface area (Å²) in [6.45, 7) is 18.4. The molecule has 3 aromatic rings. The van der Waals surface area contributed by atoms with Crippen molar-refractivity contribution in [2.75, 3.05) is 18.0 Å². The lowest BCUT2D eigenvalue weighted by Gasteiger charge is -2.33. The predicted octanol–water partition coefficient (Wildman–Crippen LogP) is 8.24. The van der Waals surface area contributed by atoms with Crippen LogP contribution in [0.1, 0.15) is 100.0 Å². The number of piperidine rings is 1. The predicted molar refractivity (Wildman–Crippen MR) is 158 cm³/mol. The van der Waals surface area contributed by atoms with E-state index in [1.807, 2.05) is 0 Å². The lowest BCUT2D eigenvalue weighted by Crippen LogP contribution is -2.39. The van der Waals surface area contributed by atoms with E-state index in [9.17, 15) is 8.42 Å². The zero-order valence-corrected chi connectivity index (χ0v) is 25.3. The first-order valence-corrected chi connectivity index (χ1v) is 16.0. The Morgan fingerprint density at radius 3 is 2.03 bits per heavy atom. The van der Waals surface area contributed by atoms with Crippen LogP contribution in [0.2, 0.25) is 0 Å². The van der Waals surface area contributed by atoms with Gasteiger partial charge in [-0.25, -0.2) is 13.4 Å². The molecule has 0 radical (unpaired) electrons. The average Bonchev–Trinajstić information content (AvgIpc) is 3.34. The fraction of sp³-hybridized carbons (Fsp3) is 0.516. The highest BCUT2D eigenvalue weighted by Gasteiger charge is 2.36. The number of hydrogen-bond donors (Lipinski definition) is 0. The van der Waals surface area contributed by atoms with E-state index in [4.69, 9.17) is 4.98 Å². The van der Waals surface area contributed by atoms with E-state index < -0.39 is 9.84 Å². The van der Waals surface area contributed by atoms with Gasteiger partial charge < -0.3 is 4.90 Å². The molecule has 0 bridgehead atoms. The Morgan fingerprint density at radius 1 is 0.892 bits per heavy atom. The number of anilines is 1. The van der Waals surface area contributed by atoms with Crippen LogP contribution in [-0.4, -0.2) is 31.7 Å². The number of benzene rings is 2. The molecule has 0 N–H and O–H groups in total. The van der Waals surface area contributed by atoms with E-state index in [2.05, 4.69) is 96.0 Å². The van der Waals surface area contributed by atoms with Gasteiger partial charge in [0.25, 0.3) is 0 Å². The van der Waals surface area contributed by atoms with Crippen LogP contribution in [0.3, 0.4) is 0 Å². The van der Waals surface area contributed by atoms with Crippen LogP contribution in [0.5, 0.6) is 0 Å². The monoisotopic (exact) mass is 538 g/mol. The third-order valence-corrected chi connectivity index (χ3v) is 11.0. The molecule has 2 heterocycles. The molecule has 1 saturated heterocycles. The van der Waals surface area contributed by atoms with Gasteiger partial charge >= 0.3 is 0 Å². The van der Waals surface area contributed by atoms with E-state index in [-0.39, 0.29) is 17.1 Å². The highest BCUT2D eigenvalue weighted by molar-refractivity contribution is 7.92. The molecule has 0 atom stereocenters. The standard InChI is InChI=1S/C31H42N2O2S2/c1-19(2)24-16-26(20(3)4)30(27(17-24)21(5)6)37(34,35)25-11-13-33(14-12-25)31-32-29(18-36-31)28-15-22(7)9-10-23(28)8/h9-10,15-21,25H,11-14H2,1-8H3. The van der Waals surface area contributed by atoms with Crippen LogP contribution >= 0.6 is 11.3 Å². The Balaban J connectivity index is 1.59. The number of rotatable bonds is 7. The Labute approximate surface area is 228 Å². The number of nitrogens with zero attached hydrogens (tertiary/aromatic N) is 2. The Bertz CT molecular complexity index is 1330.